The van der Waals surface area contributed by atoms with Gasteiger partial charge in [0.1, 0.15) is 5.75 Å². The summed E-state index contributed by atoms with van der Waals surface area (Å²) in [6.07, 6.45) is 7.73. The minimum Gasteiger partial charge on any atom is -0.457 e. The Morgan fingerprint density at radius 3 is 2.32 bits per heavy atom. The molecule has 0 spiro atoms. The molecule has 0 N–H and O–H groups in total. The molecule has 3 rings (SSSR count). The predicted molar refractivity (Wildman–Crippen MR) is 95.4 cm³/mol. The van der Waals surface area contributed by atoms with Crippen LogP contribution in [0.4, 0.5) is 5.69 Å². The number of rotatable bonds is 5. The Morgan fingerprint density at radius 2 is 1.76 bits per heavy atom. The number of nitrogens with zero attached hydrogens (tertiary/aromatic N) is 1. The van der Waals surface area contributed by atoms with E-state index in [-0.39, 0.29) is 11.8 Å². The number of hydrogen-bond donors (Lipinski definition) is 0. The first-order chi connectivity index (χ1) is 12.0. The van der Waals surface area contributed by atoms with Crippen LogP contribution in [0.5, 0.6) is 5.75 Å². The molecule has 2 amide bonds. The molecule has 1 aromatic carbocycles. The van der Waals surface area contributed by atoms with Gasteiger partial charge in [0.05, 0.1) is 5.69 Å². The summed E-state index contributed by atoms with van der Waals surface area (Å²) < 4.78 is 11.3. The lowest BCUT2D eigenvalue weighted by Crippen LogP contribution is -2.32. The minimum atomic E-state index is -1.04. The van der Waals surface area contributed by atoms with Crippen molar-refractivity contribution in [1.82, 2.24) is 0 Å². The van der Waals surface area contributed by atoms with Crippen molar-refractivity contribution in [3.05, 3.63) is 59.9 Å². The number of allylic oxidation sites excluding steroid dienone is 2. The molecule has 1 aliphatic carbocycles. The maximum absolute atomic E-state index is 11.7. The van der Waals surface area contributed by atoms with Crippen LogP contribution in [0.25, 0.3) is 0 Å². The molecule has 1 aliphatic heterocycles. The van der Waals surface area contributed by atoms with E-state index >= 15 is 0 Å². The van der Waals surface area contributed by atoms with E-state index in [0.29, 0.717) is 23.6 Å². The van der Waals surface area contributed by atoms with E-state index in [1.807, 2.05) is 12.2 Å². The maximum atomic E-state index is 11.7. The molecule has 25 heavy (non-hydrogen) atoms. The molecule has 1 unspecified atom stereocenters. The lowest BCUT2D eigenvalue weighted by atomic mass is 9.98. The molecule has 0 aromatic heterocycles. The van der Waals surface area contributed by atoms with Crippen LogP contribution in [-0.2, 0) is 14.3 Å². The standard InChI is InChI=1S/C19H18ClNO4/c1-3-13-4-9-16(19(20,12-13)24-2)25-15-7-5-14(6-8-15)21-17(22)10-11-18(21)23/h4-11H,3,12H2,1-2H3. The number of halogens is 1. The lowest BCUT2D eigenvalue weighted by Gasteiger charge is -2.31. The molecule has 2 aliphatic rings. The van der Waals surface area contributed by atoms with E-state index in [1.165, 1.54) is 17.7 Å². The fraction of sp³-hybridized carbons (Fsp3) is 0.263. The van der Waals surface area contributed by atoms with Crippen molar-refractivity contribution in [3.8, 4) is 5.75 Å². The molecule has 0 saturated carbocycles. The van der Waals surface area contributed by atoms with Crippen molar-refractivity contribution in [3.63, 3.8) is 0 Å². The van der Waals surface area contributed by atoms with E-state index in [1.54, 1.807) is 31.4 Å². The zero-order valence-corrected chi connectivity index (χ0v) is 14.7. The monoisotopic (exact) mass is 359 g/mol. The molecule has 1 aromatic rings. The van der Waals surface area contributed by atoms with Crippen molar-refractivity contribution in [2.75, 3.05) is 12.0 Å². The van der Waals surface area contributed by atoms with Crippen molar-refractivity contribution in [2.45, 2.75) is 24.8 Å². The summed E-state index contributed by atoms with van der Waals surface area (Å²) in [5.41, 5.74) is 1.67. The van der Waals surface area contributed by atoms with Gasteiger partial charge < -0.3 is 9.47 Å². The third-order valence-corrected chi connectivity index (χ3v) is 4.68. The number of alkyl halides is 1. The van der Waals surface area contributed by atoms with Gasteiger partial charge in [0, 0.05) is 25.7 Å². The second kappa shape index (κ2) is 6.86. The molecule has 6 heteroatoms. The van der Waals surface area contributed by atoms with Crippen LogP contribution in [-0.4, -0.2) is 24.0 Å². The van der Waals surface area contributed by atoms with Crippen LogP contribution in [0, 0.1) is 0 Å². The van der Waals surface area contributed by atoms with Crippen LogP contribution >= 0.6 is 11.6 Å². The van der Waals surface area contributed by atoms with Gasteiger partial charge in [-0.05, 0) is 36.8 Å². The van der Waals surface area contributed by atoms with Gasteiger partial charge in [0.15, 0.2) is 5.76 Å². The number of carbonyl (C=O) groups is 2. The fourth-order valence-electron chi connectivity index (χ4n) is 2.73. The van der Waals surface area contributed by atoms with Gasteiger partial charge in [-0.15, -0.1) is 0 Å². The van der Waals surface area contributed by atoms with Crippen LogP contribution in [0.15, 0.2) is 59.9 Å². The second-order valence-electron chi connectivity index (χ2n) is 5.76. The van der Waals surface area contributed by atoms with Crippen LogP contribution in [0.1, 0.15) is 19.8 Å². The number of anilines is 1. The highest BCUT2D eigenvalue weighted by molar-refractivity contribution is 6.28. The van der Waals surface area contributed by atoms with Crippen LogP contribution < -0.4 is 9.64 Å². The highest BCUT2D eigenvalue weighted by atomic mass is 35.5. The smallest absolute Gasteiger partial charge is 0.258 e. The zero-order chi connectivity index (χ0) is 18.0. The molecule has 0 bridgehead atoms. The van der Waals surface area contributed by atoms with Crippen LogP contribution in [0.3, 0.4) is 0 Å². The Balaban J connectivity index is 1.79. The predicted octanol–water partition coefficient (Wildman–Crippen LogP) is 3.70. The second-order valence-corrected chi connectivity index (χ2v) is 6.37. The largest absolute Gasteiger partial charge is 0.457 e. The first kappa shape index (κ1) is 17.5. The number of methoxy groups -OCH3 is 1. The van der Waals surface area contributed by atoms with Crippen molar-refractivity contribution >= 4 is 29.1 Å². The molecule has 130 valence electrons. The summed E-state index contributed by atoms with van der Waals surface area (Å²) in [5, 5.41) is -1.04. The average molecular weight is 360 g/mol. The Bertz CT molecular complexity index is 776. The average Bonchev–Trinajstić information content (AvgIpc) is 2.96. The van der Waals surface area contributed by atoms with E-state index in [2.05, 4.69) is 6.92 Å². The number of imide groups is 1. The number of benzene rings is 1. The summed E-state index contributed by atoms with van der Waals surface area (Å²) in [7, 11) is 1.55. The SMILES string of the molecule is CCC1=CC=C(Oc2ccc(N3C(=O)C=CC3=O)cc2)C(Cl)(OC)C1. The van der Waals surface area contributed by atoms with Crippen LogP contribution in [0.2, 0.25) is 0 Å². The Morgan fingerprint density at radius 1 is 1.12 bits per heavy atom. The van der Waals surface area contributed by atoms with Crippen molar-refractivity contribution < 1.29 is 19.1 Å². The lowest BCUT2D eigenvalue weighted by molar-refractivity contribution is -0.119. The van der Waals surface area contributed by atoms with Gasteiger partial charge in [-0.3, -0.25) is 9.59 Å². The number of ether oxygens (including phenoxy) is 2. The molecule has 5 nitrogen and oxygen atoms in total. The highest BCUT2D eigenvalue weighted by Gasteiger charge is 2.36. The molecule has 0 saturated heterocycles. The molecule has 1 atom stereocenters. The van der Waals surface area contributed by atoms with Gasteiger partial charge in [0.25, 0.3) is 11.8 Å². The van der Waals surface area contributed by atoms with Gasteiger partial charge >= 0.3 is 0 Å². The molecule has 0 fully saturated rings. The van der Waals surface area contributed by atoms with E-state index in [0.717, 1.165) is 11.3 Å². The fourth-order valence-corrected chi connectivity index (χ4v) is 3.00. The Kier molecular flexibility index (Phi) is 4.79. The maximum Gasteiger partial charge on any atom is 0.258 e. The highest BCUT2D eigenvalue weighted by Crippen LogP contribution is 2.38. The van der Waals surface area contributed by atoms with Crippen molar-refractivity contribution in [2.24, 2.45) is 0 Å². The summed E-state index contributed by atoms with van der Waals surface area (Å²) >= 11 is 6.56. The summed E-state index contributed by atoms with van der Waals surface area (Å²) in [5.74, 6) is 0.323. The topological polar surface area (TPSA) is 55.8 Å². The molecule has 0 radical (unpaired) electrons. The Labute approximate surface area is 151 Å². The molecule has 1 heterocycles. The first-order valence-electron chi connectivity index (χ1n) is 7.95. The van der Waals surface area contributed by atoms with E-state index in [4.69, 9.17) is 21.1 Å². The quantitative estimate of drug-likeness (QED) is 0.594. The van der Waals surface area contributed by atoms with Gasteiger partial charge in [-0.25, -0.2) is 4.90 Å². The van der Waals surface area contributed by atoms with Gasteiger partial charge in [-0.1, -0.05) is 30.2 Å². The molecular weight excluding hydrogens is 342 g/mol. The normalized spacial score (nSPS) is 22.9. The first-order valence-corrected chi connectivity index (χ1v) is 8.33. The number of carbonyl (C=O) groups excluding carboxylic acids is 2. The van der Waals surface area contributed by atoms with E-state index < -0.39 is 5.06 Å². The molecular formula is C19H18ClNO4. The third kappa shape index (κ3) is 3.38. The third-order valence-electron chi connectivity index (χ3n) is 4.20. The zero-order valence-electron chi connectivity index (χ0n) is 14.0. The summed E-state index contributed by atoms with van der Waals surface area (Å²) in [6.45, 7) is 2.06. The van der Waals surface area contributed by atoms with Gasteiger partial charge in [-0.2, -0.15) is 0 Å². The Hall–Kier alpha value is -2.37. The number of hydrogen-bond acceptors (Lipinski definition) is 4. The summed E-state index contributed by atoms with van der Waals surface area (Å²) in [6, 6.07) is 6.66. The van der Waals surface area contributed by atoms with Crippen molar-refractivity contribution in [1.29, 1.82) is 0 Å². The van der Waals surface area contributed by atoms with E-state index in [9.17, 15) is 9.59 Å². The summed E-state index contributed by atoms with van der Waals surface area (Å²) in [4.78, 5) is 24.5. The number of amides is 2. The minimum absolute atomic E-state index is 0.356. The van der Waals surface area contributed by atoms with Gasteiger partial charge in [0.2, 0.25) is 5.06 Å².